The fraction of sp³-hybridized carbons (Fsp3) is 0.581. The van der Waals surface area contributed by atoms with Gasteiger partial charge in [0.15, 0.2) is 0 Å². The van der Waals surface area contributed by atoms with Gasteiger partial charge in [0.05, 0.1) is 7.11 Å². The van der Waals surface area contributed by atoms with Crippen LogP contribution in [-0.4, -0.2) is 55.6 Å². The van der Waals surface area contributed by atoms with Crippen LogP contribution < -0.4 is 9.47 Å². The summed E-state index contributed by atoms with van der Waals surface area (Å²) in [4.78, 5) is 17.5. The summed E-state index contributed by atoms with van der Waals surface area (Å²) in [6, 6.07) is 17.0. The van der Waals surface area contributed by atoms with Crippen LogP contribution in [0.3, 0.4) is 0 Å². The quantitative estimate of drug-likeness (QED) is 0.538. The molecule has 0 atom stereocenters. The van der Waals surface area contributed by atoms with Gasteiger partial charge in [-0.2, -0.15) is 0 Å². The highest BCUT2D eigenvalue weighted by molar-refractivity contribution is 5.76. The Bertz CT molecular complexity index is 993. The van der Waals surface area contributed by atoms with Gasteiger partial charge >= 0.3 is 0 Å². The molecule has 36 heavy (non-hydrogen) atoms. The van der Waals surface area contributed by atoms with Crippen molar-refractivity contribution in [1.29, 1.82) is 0 Å². The molecule has 1 amide bonds. The van der Waals surface area contributed by atoms with E-state index in [2.05, 4.69) is 58.3 Å². The number of ether oxygens (including phenoxy) is 2. The molecule has 194 valence electrons. The zero-order chi connectivity index (χ0) is 24.8. The topological polar surface area (TPSA) is 42.0 Å². The minimum absolute atomic E-state index is 0.265. The Kier molecular flexibility index (Phi) is 8.15. The maximum atomic E-state index is 12.8. The first-order valence-electron chi connectivity index (χ1n) is 14.0. The van der Waals surface area contributed by atoms with Gasteiger partial charge in [0.25, 0.3) is 0 Å². The SMILES string of the molecule is COc1ccc(CN2CCOc3ccccc3CCCCC3(CCN(C(=O)CC4CC4)CC3)C2)cc1. The second-order valence-corrected chi connectivity index (χ2v) is 11.3. The number of piperidine rings is 1. The van der Waals surface area contributed by atoms with Crippen molar-refractivity contribution in [2.45, 2.75) is 64.3 Å². The molecule has 0 bridgehead atoms. The standard InChI is InChI=1S/C31H42N2O3/c1-35-28-13-11-26(12-14-28)23-32-20-21-36-29-8-3-2-6-27(29)7-4-5-15-31(24-32)16-18-33(19-17-31)30(34)22-25-9-10-25/h2-3,6,8,11-14,25H,4-5,7,9-10,15-24H2,1H3. The van der Waals surface area contributed by atoms with E-state index < -0.39 is 0 Å². The maximum absolute atomic E-state index is 12.8. The number of carbonyl (C=O) groups excluding carboxylic acids is 1. The smallest absolute Gasteiger partial charge is 0.222 e. The van der Waals surface area contributed by atoms with E-state index in [9.17, 15) is 4.79 Å². The summed E-state index contributed by atoms with van der Waals surface area (Å²) in [5, 5.41) is 0. The molecule has 2 heterocycles. The fourth-order valence-corrected chi connectivity index (χ4v) is 6.04. The number of nitrogens with zero attached hydrogens (tertiary/aromatic N) is 2. The van der Waals surface area contributed by atoms with Crippen molar-refractivity contribution in [2.75, 3.05) is 39.9 Å². The number of hydrogen-bond donors (Lipinski definition) is 0. The molecule has 2 fully saturated rings. The fourth-order valence-electron chi connectivity index (χ4n) is 6.04. The summed E-state index contributed by atoms with van der Waals surface area (Å²) in [6.07, 6.45) is 10.2. The third-order valence-corrected chi connectivity index (χ3v) is 8.50. The number of hydrogen-bond acceptors (Lipinski definition) is 4. The molecule has 2 aromatic rings. The van der Waals surface area contributed by atoms with Gasteiger partial charge in [0.1, 0.15) is 18.1 Å². The Balaban J connectivity index is 1.31. The van der Waals surface area contributed by atoms with Crippen LogP contribution in [-0.2, 0) is 17.8 Å². The molecule has 1 saturated carbocycles. The van der Waals surface area contributed by atoms with Crippen LogP contribution in [0.15, 0.2) is 48.5 Å². The Morgan fingerprint density at radius 3 is 2.53 bits per heavy atom. The molecule has 3 aliphatic rings. The van der Waals surface area contributed by atoms with Crippen LogP contribution >= 0.6 is 0 Å². The van der Waals surface area contributed by atoms with Gasteiger partial charge in [-0.25, -0.2) is 0 Å². The summed E-state index contributed by atoms with van der Waals surface area (Å²) >= 11 is 0. The summed E-state index contributed by atoms with van der Waals surface area (Å²) in [7, 11) is 1.71. The molecule has 2 aromatic carbocycles. The van der Waals surface area contributed by atoms with Gasteiger partial charge in [-0.15, -0.1) is 0 Å². The Morgan fingerprint density at radius 2 is 1.78 bits per heavy atom. The number of benzene rings is 2. The molecule has 0 aromatic heterocycles. The highest BCUT2D eigenvalue weighted by Gasteiger charge is 2.38. The van der Waals surface area contributed by atoms with Crippen LogP contribution in [0, 0.1) is 11.3 Å². The first-order chi connectivity index (χ1) is 17.6. The summed E-state index contributed by atoms with van der Waals surface area (Å²) < 4.78 is 11.7. The Hall–Kier alpha value is -2.53. The highest BCUT2D eigenvalue weighted by atomic mass is 16.5. The molecule has 5 heteroatoms. The van der Waals surface area contributed by atoms with E-state index in [0.29, 0.717) is 18.4 Å². The van der Waals surface area contributed by atoms with Crippen LogP contribution in [0.1, 0.15) is 62.5 Å². The minimum Gasteiger partial charge on any atom is -0.497 e. The lowest BCUT2D eigenvalue weighted by molar-refractivity contribution is -0.134. The van der Waals surface area contributed by atoms with Crippen LogP contribution in [0.4, 0.5) is 0 Å². The molecule has 5 nitrogen and oxygen atoms in total. The van der Waals surface area contributed by atoms with E-state index in [4.69, 9.17) is 9.47 Å². The number of carbonyl (C=O) groups is 1. The van der Waals surface area contributed by atoms with E-state index in [1.54, 1.807) is 7.11 Å². The van der Waals surface area contributed by atoms with Crippen molar-refractivity contribution in [3.8, 4) is 11.5 Å². The molecule has 5 rings (SSSR count). The molecular weight excluding hydrogens is 448 g/mol. The molecule has 1 saturated heterocycles. The molecule has 0 N–H and O–H groups in total. The first-order valence-corrected chi connectivity index (χ1v) is 14.0. The molecule has 2 aliphatic heterocycles. The van der Waals surface area contributed by atoms with Crippen molar-refractivity contribution in [1.82, 2.24) is 9.80 Å². The largest absolute Gasteiger partial charge is 0.497 e. The van der Waals surface area contributed by atoms with E-state index in [1.165, 1.54) is 43.2 Å². The van der Waals surface area contributed by atoms with Crippen molar-refractivity contribution in [3.63, 3.8) is 0 Å². The minimum atomic E-state index is 0.265. The van der Waals surface area contributed by atoms with Gasteiger partial charge in [-0.3, -0.25) is 9.69 Å². The van der Waals surface area contributed by atoms with Crippen LogP contribution in [0.25, 0.3) is 0 Å². The van der Waals surface area contributed by atoms with E-state index >= 15 is 0 Å². The molecule has 0 radical (unpaired) electrons. The number of para-hydroxylation sites is 1. The third kappa shape index (κ3) is 6.61. The molecule has 0 unspecified atom stereocenters. The zero-order valence-corrected chi connectivity index (χ0v) is 21.9. The van der Waals surface area contributed by atoms with Crippen LogP contribution in [0.2, 0.25) is 0 Å². The number of aryl methyl sites for hydroxylation is 1. The predicted octanol–water partition coefficient (Wildman–Crippen LogP) is 5.71. The van der Waals surface area contributed by atoms with Gasteiger partial charge < -0.3 is 14.4 Å². The van der Waals surface area contributed by atoms with Crippen molar-refractivity contribution >= 4 is 5.91 Å². The van der Waals surface area contributed by atoms with Gasteiger partial charge in [0.2, 0.25) is 5.91 Å². The second kappa shape index (κ2) is 11.7. The van der Waals surface area contributed by atoms with E-state index in [0.717, 1.165) is 69.9 Å². The summed E-state index contributed by atoms with van der Waals surface area (Å²) in [6.45, 7) is 5.39. The Labute approximate surface area is 216 Å². The van der Waals surface area contributed by atoms with Crippen LogP contribution in [0.5, 0.6) is 11.5 Å². The molecule has 1 aliphatic carbocycles. The Morgan fingerprint density at radius 1 is 1.00 bits per heavy atom. The number of fused-ring (bicyclic) bond motifs is 1. The zero-order valence-electron chi connectivity index (χ0n) is 21.9. The van der Waals surface area contributed by atoms with E-state index in [-0.39, 0.29) is 5.41 Å². The van der Waals surface area contributed by atoms with Crippen molar-refractivity contribution < 1.29 is 14.3 Å². The van der Waals surface area contributed by atoms with Crippen molar-refractivity contribution in [2.24, 2.45) is 11.3 Å². The summed E-state index contributed by atoms with van der Waals surface area (Å²) in [5.41, 5.74) is 2.89. The average Bonchev–Trinajstić information content (AvgIpc) is 3.71. The number of amides is 1. The third-order valence-electron chi connectivity index (χ3n) is 8.50. The second-order valence-electron chi connectivity index (χ2n) is 11.3. The summed E-state index contributed by atoms with van der Waals surface area (Å²) in [5.74, 6) is 2.99. The van der Waals surface area contributed by atoms with Gasteiger partial charge in [-0.05, 0) is 85.6 Å². The lowest BCUT2D eigenvalue weighted by Gasteiger charge is -2.45. The van der Waals surface area contributed by atoms with Gasteiger partial charge in [0, 0.05) is 39.1 Å². The lowest BCUT2D eigenvalue weighted by Crippen LogP contribution is -2.48. The first kappa shape index (κ1) is 25.1. The molecular formula is C31H42N2O3. The van der Waals surface area contributed by atoms with E-state index in [1.807, 2.05) is 0 Å². The normalized spacial score (nSPS) is 21.1. The lowest BCUT2D eigenvalue weighted by atomic mass is 9.73. The molecule has 1 spiro atoms. The number of methoxy groups -OCH3 is 1. The highest BCUT2D eigenvalue weighted by Crippen LogP contribution is 2.40. The number of likely N-dealkylation sites (tertiary alicyclic amines) is 1. The maximum Gasteiger partial charge on any atom is 0.222 e. The predicted molar refractivity (Wildman–Crippen MR) is 143 cm³/mol. The van der Waals surface area contributed by atoms with Gasteiger partial charge in [-0.1, -0.05) is 36.8 Å². The van der Waals surface area contributed by atoms with Crippen molar-refractivity contribution in [3.05, 3.63) is 59.7 Å². The average molecular weight is 491 g/mol. The number of rotatable bonds is 5. The monoisotopic (exact) mass is 490 g/mol.